The Morgan fingerprint density at radius 1 is 1.05 bits per heavy atom. The van der Waals surface area contributed by atoms with Crippen LogP contribution >= 0.6 is 23.1 Å². The summed E-state index contributed by atoms with van der Waals surface area (Å²) in [6.07, 6.45) is 2.48. The topological polar surface area (TPSA) is 37.4 Å². The first-order chi connectivity index (χ1) is 10.2. The third-order valence-electron chi connectivity index (χ3n) is 3.16. The highest BCUT2D eigenvalue weighted by molar-refractivity contribution is 8.18. The Bertz CT molecular complexity index is 678. The Kier molecular flexibility index (Phi) is 4.22. The Labute approximate surface area is 131 Å². The smallest absolute Gasteiger partial charge is 0.268 e. The molecule has 1 aliphatic heterocycles. The van der Waals surface area contributed by atoms with Crippen LogP contribution < -0.4 is 0 Å². The lowest BCUT2D eigenvalue weighted by Crippen LogP contribution is -2.30. The number of benzene rings is 1. The molecule has 0 unspecified atom stereocenters. The number of nitrogens with zero attached hydrogens (tertiary/aromatic N) is 1. The summed E-state index contributed by atoms with van der Waals surface area (Å²) in [6, 6.07) is 13.7. The lowest BCUT2D eigenvalue weighted by Gasteiger charge is -2.11. The van der Waals surface area contributed by atoms with E-state index in [4.69, 9.17) is 0 Å². The van der Waals surface area contributed by atoms with Gasteiger partial charge in [0.2, 0.25) is 0 Å². The van der Waals surface area contributed by atoms with Crippen molar-refractivity contribution in [1.82, 2.24) is 4.90 Å². The van der Waals surface area contributed by atoms with Gasteiger partial charge in [0.15, 0.2) is 0 Å². The summed E-state index contributed by atoms with van der Waals surface area (Å²) in [6.45, 7) is 0.427. The molecule has 1 fully saturated rings. The maximum atomic E-state index is 12.3. The van der Waals surface area contributed by atoms with Gasteiger partial charge in [0.05, 0.1) is 4.91 Å². The molecule has 1 saturated heterocycles. The number of carbonyl (C=O) groups is 2. The number of hydrogen-bond acceptors (Lipinski definition) is 4. The third kappa shape index (κ3) is 3.25. The maximum Gasteiger partial charge on any atom is 0.293 e. The molecule has 1 aliphatic rings. The molecule has 0 N–H and O–H groups in total. The first-order valence-electron chi connectivity index (χ1n) is 6.57. The lowest BCUT2D eigenvalue weighted by molar-refractivity contribution is -0.122. The second-order valence-electron chi connectivity index (χ2n) is 4.58. The van der Waals surface area contributed by atoms with Crippen LogP contribution in [0.15, 0.2) is 52.7 Å². The fourth-order valence-electron chi connectivity index (χ4n) is 2.08. The predicted octanol–water partition coefficient (Wildman–Crippen LogP) is 4.03. The number of carbonyl (C=O) groups excluding carboxylic acids is 2. The van der Waals surface area contributed by atoms with E-state index in [9.17, 15) is 9.59 Å². The van der Waals surface area contributed by atoms with Crippen molar-refractivity contribution in [2.24, 2.45) is 0 Å². The number of amides is 2. The van der Waals surface area contributed by atoms with E-state index in [1.807, 2.05) is 47.8 Å². The molecule has 3 nitrogen and oxygen atoms in total. The summed E-state index contributed by atoms with van der Waals surface area (Å²) in [7, 11) is 0. The Hall–Kier alpha value is -1.85. The molecule has 1 aromatic carbocycles. The van der Waals surface area contributed by atoms with E-state index in [0.717, 1.165) is 22.2 Å². The minimum Gasteiger partial charge on any atom is -0.268 e. The summed E-state index contributed by atoms with van der Waals surface area (Å²) >= 11 is 2.57. The van der Waals surface area contributed by atoms with E-state index < -0.39 is 0 Å². The third-order valence-corrected chi connectivity index (χ3v) is 4.88. The van der Waals surface area contributed by atoms with Crippen molar-refractivity contribution in [3.63, 3.8) is 0 Å². The van der Waals surface area contributed by atoms with Crippen molar-refractivity contribution in [3.8, 4) is 0 Å². The number of thioether (sulfide) groups is 1. The van der Waals surface area contributed by atoms with Crippen LogP contribution in [0.5, 0.6) is 0 Å². The molecule has 2 heterocycles. The average molecular weight is 315 g/mol. The van der Waals surface area contributed by atoms with E-state index in [2.05, 4.69) is 0 Å². The van der Waals surface area contributed by atoms with Gasteiger partial charge in [0.25, 0.3) is 11.1 Å². The molecule has 2 amide bonds. The van der Waals surface area contributed by atoms with E-state index in [-0.39, 0.29) is 11.1 Å². The molecular formula is C16H13NO2S2. The zero-order valence-electron chi connectivity index (χ0n) is 11.2. The molecule has 0 bridgehead atoms. The van der Waals surface area contributed by atoms with E-state index in [0.29, 0.717) is 17.9 Å². The monoisotopic (exact) mass is 315 g/mol. The van der Waals surface area contributed by atoms with Gasteiger partial charge in [-0.25, -0.2) is 0 Å². The summed E-state index contributed by atoms with van der Waals surface area (Å²) < 4.78 is 0. The van der Waals surface area contributed by atoms with Crippen molar-refractivity contribution in [2.45, 2.75) is 6.42 Å². The van der Waals surface area contributed by atoms with Gasteiger partial charge in [-0.2, -0.15) is 0 Å². The van der Waals surface area contributed by atoms with Crippen LogP contribution in [0, 0.1) is 0 Å². The second kappa shape index (κ2) is 6.28. The number of thiophene rings is 1. The minimum absolute atomic E-state index is 0.182. The standard InChI is InChI=1S/C16H13NO2S2/c18-15-14(11-13-7-4-10-20-13)21-16(19)17(15)9-8-12-5-2-1-3-6-12/h1-7,10-11H,8-9H2/b14-11+. The van der Waals surface area contributed by atoms with Crippen LogP contribution in [-0.4, -0.2) is 22.6 Å². The van der Waals surface area contributed by atoms with Crippen molar-refractivity contribution >= 4 is 40.3 Å². The lowest BCUT2D eigenvalue weighted by atomic mass is 10.1. The SMILES string of the molecule is O=C1S/C(=C/c2cccs2)C(=O)N1CCc1ccccc1. The van der Waals surface area contributed by atoms with Gasteiger partial charge in [-0.15, -0.1) is 11.3 Å². The highest BCUT2D eigenvalue weighted by Crippen LogP contribution is 2.32. The predicted molar refractivity (Wildman–Crippen MR) is 87.1 cm³/mol. The minimum atomic E-state index is -0.186. The van der Waals surface area contributed by atoms with E-state index in [1.165, 1.54) is 4.90 Å². The van der Waals surface area contributed by atoms with Crippen molar-refractivity contribution in [2.75, 3.05) is 6.54 Å². The molecule has 5 heteroatoms. The molecule has 0 aliphatic carbocycles. The van der Waals surface area contributed by atoms with Gasteiger partial charge < -0.3 is 0 Å². The highest BCUT2D eigenvalue weighted by atomic mass is 32.2. The molecule has 1 aromatic heterocycles. The molecule has 2 aromatic rings. The largest absolute Gasteiger partial charge is 0.293 e. The molecule has 0 spiro atoms. The van der Waals surface area contributed by atoms with Crippen molar-refractivity contribution < 1.29 is 9.59 Å². The molecular weight excluding hydrogens is 302 g/mol. The van der Waals surface area contributed by atoms with Crippen LogP contribution in [0.4, 0.5) is 4.79 Å². The van der Waals surface area contributed by atoms with Gasteiger partial charge in [-0.1, -0.05) is 36.4 Å². The molecule has 3 rings (SSSR count). The summed E-state index contributed by atoms with van der Waals surface area (Å²) in [5, 5.41) is 1.77. The number of rotatable bonds is 4. The first kappa shape index (κ1) is 14.1. The molecule has 0 radical (unpaired) electrons. The van der Waals surface area contributed by atoms with Crippen LogP contribution in [0.2, 0.25) is 0 Å². The van der Waals surface area contributed by atoms with Gasteiger partial charge in [-0.05, 0) is 41.3 Å². The van der Waals surface area contributed by atoms with Crippen LogP contribution in [0.1, 0.15) is 10.4 Å². The van der Waals surface area contributed by atoms with E-state index in [1.54, 1.807) is 17.4 Å². The Morgan fingerprint density at radius 3 is 2.57 bits per heavy atom. The molecule has 21 heavy (non-hydrogen) atoms. The second-order valence-corrected chi connectivity index (χ2v) is 6.56. The molecule has 106 valence electrons. The van der Waals surface area contributed by atoms with Gasteiger partial charge in [-0.3, -0.25) is 14.5 Å². The Balaban J connectivity index is 1.69. The zero-order valence-corrected chi connectivity index (χ0v) is 12.8. The van der Waals surface area contributed by atoms with Gasteiger partial charge >= 0.3 is 0 Å². The van der Waals surface area contributed by atoms with Crippen molar-refractivity contribution in [1.29, 1.82) is 0 Å². The summed E-state index contributed by atoms with van der Waals surface area (Å²) in [5.41, 5.74) is 1.12. The number of imide groups is 1. The fraction of sp³-hybridized carbons (Fsp3) is 0.125. The quantitative estimate of drug-likeness (QED) is 0.800. The van der Waals surface area contributed by atoms with Gasteiger partial charge in [0.1, 0.15) is 0 Å². The normalized spacial score (nSPS) is 17.0. The van der Waals surface area contributed by atoms with E-state index >= 15 is 0 Å². The zero-order chi connectivity index (χ0) is 14.7. The molecule has 0 saturated carbocycles. The van der Waals surface area contributed by atoms with Crippen LogP contribution in [-0.2, 0) is 11.2 Å². The average Bonchev–Trinajstić information content (AvgIpc) is 3.09. The highest BCUT2D eigenvalue weighted by Gasteiger charge is 2.34. The van der Waals surface area contributed by atoms with Crippen LogP contribution in [0.25, 0.3) is 6.08 Å². The summed E-state index contributed by atoms with van der Waals surface area (Å²) in [5.74, 6) is -0.186. The van der Waals surface area contributed by atoms with Crippen molar-refractivity contribution in [3.05, 3.63) is 63.2 Å². The summed E-state index contributed by atoms with van der Waals surface area (Å²) in [4.78, 5) is 27.1. The van der Waals surface area contributed by atoms with Crippen LogP contribution in [0.3, 0.4) is 0 Å². The van der Waals surface area contributed by atoms with Gasteiger partial charge in [0, 0.05) is 11.4 Å². The first-order valence-corrected chi connectivity index (χ1v) is 8.26. The number of hydrogen-bond donors (Lipinski definition) is 0. The molecule has 0 atom stereocenters. The Morgan fingerprint density at radius 2 is 1.86 bits per heavy atom. The fourth-order valence-corrected chi connectivity index (χ4v) is 3.67. The maximum absolute atomic E-state index is 12.3.